The molecule has 0 bridgehead atoms. The zero-order chi connectivity index (χ0) is 17.5. The molecule has 2 aromatic carbocycles. The summed E-state index contributed by atoms with van der Waals surface area (Å²) in [6.07, 6.45) is 0. The first kappa shape index (κ1) is 18.2. The van der Waals surface area contributed by atoms with Crippen molar-refractivity contribution < 1.29 is 14.7 Å². The van der Waals surface area contributed by atoms with Crippen LogP contribution in [0, 0.1) is 6.92 Å². The number of aliphatic hydroxyl groups excluding tert-OH is 1. The van der Waals surface area contributed by atoms with Crippen molar-refractivity contribution in [1.82, 2.24) is 4.90 Å². The number of anilines is 1. The van der Waals surface area contributed by atoms with Crippen LogP contribution in [0.3, 0.4) is 0 Å². The summed E-state index contributed by atoms with van der Waals surface area (Å²) in [4.78, 5) is 25.9. The highest BCUT2D eigenvalue weighted by molar-refractivity contribution is 9.10. The fourth-order valence-corrected chi connectivity index (χ4v) is 2.47. The molecule has 2 aromatic rings. The Hall–Kier alpha value is -2.18. The van der Waals surface area contributed by atoms with E-state index in [0.29, 0.717) is 5.69 Å². The minimum absolute atomic E-state index is 0.0977. The number of hydrogen-bond donors (Lipinski definition) is 2. The van der Waals surface area contributed by atoms with Crippen molar-refractivity contribution >= 4 is 33.4 Å². The molecular weight excluding hydrogens is 372 g/mol. The lowest BCUT2D eigenvalue weighted by atomic mass is 10.2. The van der Waals surface area contributed by atoms with Crippen molar-refractivity contribution in [3.63, 3.8) is 0 Å². The largest absolute Gasteiger partial charge is 0.395 e. The van der Waals surface area contributed by atoms with Crippen molar-refractivity contribution in [1.29, 1.82) is 0 Å². The van der Waals surface area contributed by atoms with E-state index in [1.54, 1.807) is 12.1 Å². The van der Waals surface area contributed by atoms with Crippen LogP contribution in [0.15, 0.2) is 53.0 Å². The first-order valence-electron chi connectivity index (χ1n) is 7.52. The highest BCUT2D eigenvalue weighted by Crippen LogP contribution is 2.20. The SMILES string of the molecule is Cc1cc(NC(=O)C(=O)N(CCO)Cc2ccccc2)ccc1Br. The molecule has 0 unspecified atom stereocenters. The number of halogens is 1. The van der Waals surface area contributed by atoms with Gasteiger partial charge in [0.05, 0.1) is 6.61 Å². The van der Waals surface area contributed by atoms with E-state index < -0.39 is 11.8 Å². The molecule has 0 aliphatic heterocycles. The monoisotopic (exact) mass is 390 g/mol. The highest BCUT2D eigenvalue weighted by atomic mass is 79.9. The predicted octanol–water partition coefficient (Wildman–Crippen LogP) is 2.72. The smallest absolute Gasteiger partial charge is 0.313 e. The third-order valence-corrected chi connectivity index (χ3v) is 4.37. The Morgan fingerprint density at radius 1 is 1.17 bits per heavy atom. The third kappa shape index (κ3) is 4.91. The summed E-state index contributed by atoms with van der Waals surface area (Å²) in [6, 6.07) is 14.7. The molecule has 0 spiro atoms. The molecule has 0 aromatic heterocycles. The minimum atomic E-state index is -0.721. The highest BCUT2D eigenvalue weighted by Gasteiger charge is 2.22. The Labute approximate surface area is 149 Å². The van der Waals surface area contributed by atoms with Crippen LogP contribution in [0.25, 0.3) is 0 Å². The molecule has 0 saturated carbocycles. The van der Waals surface area contributed by atoms with Crippen LogP contribution in [0.1, 0.15) is 11.1 Å². The Morgan fingerprint density at radius 3 is 2.50 bits per heavy atom. The summed E-state index contributed by atoms with van der Waals surface area (Å²) in [5.41, 5.74) is 2.40. The summed E-state index contributed by atoms with van der Waals surface area (Å²) in [6.45, 7) is 2.06. The maximum atomic E-state index is 12.4. The van der Waals surface area contributed by atoms with E-state index >= 15 is 0 Å². The van der Waals surface area contributed by atoms with E-state index in [0.717, 1.165) is 15.6 Å². The summed E-state index contributed by atoms with van der Waals surface area (Å²) < 4.78 is 0.929. The number of carbonyl (C=O) groups is 2. The first-order valence-corrected chi connectivity index (χ1v) is 8.31. The summed E-state index contributed by atoms with van der Waals surface area (Å²) in [5, 5.41) is 11.8. The molecule has 2 N–H and O–H groups in total. The molecule has 0 aliphatic carbocycles. The molecule has 24 heavy (non-hydrogen) atoms. The molecule has 0 radical (unpaired) electrons. The van der Waals surface area contributed by atoms with Crippen molar-refractivity contribution in [3.05, 3.63) is 64.1 Å². The van der Waals surface area contributed by atoms with Gasteiger partial charge in [0, 0.05) is 23.2 Å². The second-order valence-corrected chi connectivity index (χ2v) is 6.21. The van der Waals surface area contributed by atoms with Crippen LogP contribution in [0.4, 0.5) is 5.69 Å². The van der Waals surface area contributed by atoms with Crippen LogP contribution in [-0.2, 0) is 16.1 Å². The van der Waals surface area contributed by atoms with Gasteiger partial charge >= 0.3 is 11.8 Å². The Kier molecular flexibility index (Phi) is 6.52. The minimum Gasteiger partial charge on any atom is -0.395 e. The second-order valence-electron chi connectivity index (χ2n) is 5.35. The van der Waals surface area contributed by atoms with E-state index in [1.807, 2.05) is 43.3 Å². The number of rotatable bonds is 5. The number of carbonyl (C=O) groups excluding carboxylic acids is 2. The number of amides is 2. The summed E-state index contributed by atoms with van der Waals surface area (Å²) in [7, 11) is 0. The Balaban J connectivity index is 2.07. The third-order valence-electron chi connectivity index (χ3n) is 3.48. The second kappa shape index (κ2) is 8.61. The maximum Gasteiger partial charge on any atom is 0.313 e. The molecule has 2 amide bonds. The van der Waals surface area contributed by atoms with Crippen LogP contribution in [-0.4, -0.2) is 35.0 Å². The van der Waals surface area contributed by atoms with Gasteiger partial charge in [-0.2, -0.15) is 0 Å². The fourth-order valence-electron chi connectivity index (χ4n) is 2.23. The summed E-state index contributed by atoms with van der Waals surface area (Å²) in [5.74, 6) is -1.39. The number of aryl methyl sites for hydroxylation is 1. The van der Waals surface area contributed by atoms with Gasteiger partial charge in [-0.3, -0.25) is 9.59 Å². The van der Waals surface area contributed by atoms with Crippen molar-refractivity contribution in [2.24, 2.45) is 0 Å². The lowest BCUT2D eigenvalue weighted by Crippen LogP contribution is -2.40. The fraction of sp³-hybridized carbons (Fsp3) is 0.222. The van der Waals surface area contributed by atoms with Gasteiger partial charge in [0.15, 0.2) is 0 Å². The normalized spacial score (nSPS) is 10.3. The number of nitrogens with zero attached hydrogens (tertiary/aromatic N) is 1. The molecule has 0 heterocycles. The van der Waals surface area contributed by atoms with Gasteiger partial charge in [-0.15, -0.1) is 0 Å². The van der Waals surface area contributed by atoms with E-state index in [1.165, 1.54) is 4.90 Å². The summed E-state index contributed by atoms with van der Waals surface area (Å²) >= 11 is 3.39. The standard InChI is InChI=1S/C18H19BrN2O3/c1-13-11-15(7-8-16(13)19)20-17(23)18(24)21(9-10-22)12-14-5-3-2-4-6-14/h2-8,11,22H,9-10,12H2,1H3,(H,20,23). The zero-order valence-corrected chi connectivity index (χ0v) is 14.9. The lowest BCUT2D eigenvalue weighted by molar-refractivity contribution is -0.143. The lowest BCUT2D eigenvalue weighted by Gasteiger charge is -2.21. The van der Waals surface area contributed by atoms with Gasteiger partial charge in [0.25, 0.3) is 0 Å². The molecule has 2 rings (SSSR count). The van der Waals surface area contributed by atoms with Gasteiger partial charge in [0.1, 0.15) is 0 Å². The van der Waals surface area contributed by atoms with E-state index in [9.17, 15) is 14.7 Å². The van der Waals surface area contributed by atoms with Gasteiger partial charge in [0.2, 0.25) is 0 Å². The van der Waals surface area contributed by atoms with Gasteiger partial charge in [-0.05, 0) is 36.2 Å². The number of aliphatic hydroxyl groups is 1. The average molecular weight is 391 g/mol. The number of hydrogen-bond acceptors (Lipinski definition) is 3. The van der Waals surface area contributed by atoms with E-state index in [4.69, 9.17) is 0 Å². The molecule has 0 aliphatic rings. The van der Waals surface area contributed by atoms with Crippen LogP contribution in [0.2, 0.25) is 0 Å². The molecule has 126 valence electrons. The van der Waals surface area contributed by atoms with Crippen LogP contribution >= 0.6 is 15.9 Å². The zero-order valence-electron chi connectivity index (χ0n) is 13.3. The quantitative estimate of drug-likeness (QED) is 0.771. The van der Waals surface area contributed by atoms with E-state index in [2.05, 4.69) is 21.2 Å². The average Bonchev–Trinajstić information content (AvgIpc) is 2.58. The molecule has 0 atom stereocenters. The first-order chi connectivity index (χ1) is 11.5. The van der Waals surface area contributed by atoms with Gasteiger partial charge in [-0.1, -0.05) is 46.3 Å². The number of nitrogens with one attached hydrogen (secondary N) is 1. The molecule has 0 fully saturated rings. The molecule has 0 saturated heterocycles. The van der Waals surface area contributed by atoms with E-state index in [-0.39, 0.29) is 19.7 Å². The maximum absolute atomic E-state index is 12.4. The topological polar surface area (TPSA) is 69.6 Å². The van der Waals surface area contributed by atoms with Crippen molar-refractivity contribution in [2.75, 3.05) is 18.5 Å². The van der Waals surface area contributed by atoms with Gasteiger partial charge in [-0.25, -0.2) is 0 Å². The molecule has 5 nitrogen and oxygen atoms in total. The predicted molar refractivity (Wildman–Crippen MR) is 96.5 cm³/mol. The van der Waals surface area contributed by atoms with Crippen molar-refractivity contribution in [3.8, 4) is 0 Å². The Morgan fingerprint density at radius 2 is 1.88 bits per heavy atom. The van der Waals surface area contributed by atoms with Gasteiger partial charge < -0.3 is 15.3 Å². The van der Waals surface area contributed by atoms with Crippen LogP contribution in [0.5, 0.6) is 0 Å². The Bertz CT molecular complexity index is 719. The molecule has 6 heteroatoms. The van der Waals surface area contributed by atoms with Crippen LogP contribution < -0.4 is 5.32 Å². The molecular formula is C18H19BrN2O3. The van der Waals surface area contributed by atoms with Crippen molar-refractivity contribution in [2.45, 2.75) is 13.5 Å². The number of benzene rings is 2.